The molecule has 0 aromatic rings. The van der Waals surface area contributed by atoms with E-state index in [0.29, 0.717) is 0 Å². The van der Waals surface area contributed by atoms with Gasteiger partial charge in [0.1, 0.15) is 0 Å². The van der Waals surface area contributed by atoms with Crippen molar-refractivity contribution in [1.82, 2.24) is 0 Å². The summed E-state index contributed by atoms with van der Waals surface area (Å²) in [5, 5.41) is 0. The van der Waals surface area contributed by atoms with Crippen LogP contribution in [0.4, 0.5) is 13.2 Å². The minimum Gasteiger partial charge on any atom is -0.353 e. The van der Waals surface area contributed by atoms with Gasteiger partial charge in [0, 0.05) is 5.88 Å². The molecule has 6 heteroatoms. The summed E-state index contributed by atoms with van der Waals surface area (Å²) in [6, 6.07) is 0. The van der Waals surface area contributed by atoms with E-state index in [1.165, 1.54) is 0 Å². The van der Waals surface area contributed by atoms with Gasteiger partial charge in [-0.15, -0.1) is 11.6 Å². The van der Waals surface area contributed by atoms with Crippen LogP contribution in [0.15, 0.2) is 0 Å². The summed E-state index contributed by atoms with van der Waals surface area (Å²) in [6.45, 7) is -0.199. The molecule has 0 aliphatic carbocycles. The van der Waals surface area contributed by atoms with E-state index >= 15 is 0 Å². The van der Waals surface area contributed by atoms with Crippen LogP contribution in [0.1, 0.15) is 0 Å². The van der Waals surface area contributed by atoms with Crippen molar-refractivity contribution in [3.8, 4) is 0 Å². The quantitative estimate of drug-likeness (QED) is 0.631. The number of ether oxygens (including phenoxy) is 1. The van der Waals surface area contributed by atoms with Crippen molar-refractivity contribution in [3.63, 3.8) is 0 Å². The van der Waals surface area contributed by atoms with Gasteiger partial charge >= 0.3 is 6.18 Å². The van der Waals surface area contributed by atoms with Crippen LogP contribution in [-0.4, -0.2) is 24.2 Å². The highest BCUT2D eigenvalue weighted by Crippen LogP contribution is 2.25. The summed E-state index contributed by atoms with van der Waals surface area (Å²) in [6.07, 6.45) is -4.51. The molecular weight excluding hydrogens is 192 g/mol. The first-order valence-corrected chi connectivity index (χ1v) is 3.34. The fraction of sp³-hybridized carbons (Fsp3) is 1.00. The van der Waals surface area contributed by atoms with Gasteiger partial charge < -0.3 is 4.74 Å². The number of halogens is 5. The highest BCUT2D eigenvalue weighted by molar-refractivity contribution is 6.20. The summed E-state index contributed by atoms with van der Waals surface area (Å²) < 4.78 is 38.5. The maximum Gasteiger partial charge on any atom is 0.428 e. The van der Waals surface area contributed by atoms with Crippen LogP contribution in [0.2, 0.25) is 0 Å². The minimum absolute atomic E-state index is 0.000694. The van der Waals surface area contributed by atoms with E-state index in [-0.39, 0.29) is 12.5 Å². The van der Waals surface area contributed by atoms with Crippen LogP contribution in [0, 0.1) is 0 Å². The molecule has 0 aliphatic heterocycles. The van der Waals surface area contributed by atoms with Gasteiger partial charge in [0.05, 0.1) is 6.61 Å². The third kappa shape index (κ3) is 4.19. The number of hydrogen-bond donors (Lipinski definition) is 0. The van der Waals surface area contributed by atoms with Crippen molar-refractivity contribution in [1.29, 1.82) is 0 Å². The SMILES string of the molecule is FC(F)(F)C(Cl)OCCCl. The topological polar surface area (TPSA) is 9.23 Å². The average Bonchev–Trinajstić information content (AvgIpc) is 1.80. The summed E-state index contributed by atoms with van der Waals surface area (Å²) in [5.74, 6) is -0.000694. The van der Waals surface area contributed by atoms with Crippen molar-refractivity contribution in [2.24, 2.45) is 0 Å². The molecule has 0 aromatic heterocycles. The van der Waals surface area contributed by atoms with Gasteiger partial charge in [0.15, 0.2) is 0 Å². The van der Waals surface area contributed by atoms with Crippen molar-refractivity contribution < 1.29 is 17.9 Å². The maximum absolute atomic E-state index is 11.5. The Balaban J connectivity index is 3.52. The van der Waals surface area contributed by atoms with E-state index in [9.17, 15) is 13.2 Å². The van der Waals surface area contributed by atoms with Gasteiger partial charge in [-0.25, -0.2) is 0 Å². The second-order valence-corrected chi connectivity index (χ2v) is 2.19. The molecule has 1 unspecified atom stereocenters. The third-order valence-corrected chi connectivity index (χ3v) is 1.13. The zero-order valence-electron chi connectivity index (χ0n) is 4.79. The first kappa shape index (κ1) is 10.3. The molecule has 0 heterocycles. The second-order valence-electron chi connectivity index (χ2n) is 1.42. The molecule has 62 valence electrons. The predicted molar refractivity (Wildman–Crippen MR) is 32.4 cm³/mol. The molecule has 0 aliphatic rings. The normalized spacial score (nSPS) is 15.3. The fourth-order valence-electron chi connectivity index (χ4n) is 0.243. The smallest absolute Gasteiger partial charge is 0.353 e. The summed E-state index contributed by atoms with van der Waals surface area (Å²) >= 11 is 9.77. The third-order valence-electron chi connectivity index (χ3n) is 0.599. The largest absolute Gasteiger partial charge is 0.428 e. The van der Waals surface area contributed by atoms with Crippen LogP contribution in [0.3, 0.4) is 0 Å². The van der Waals surface area contributed by atoms with E-state index in [2.05, 4.69) is 4.74 Å². The van der Waals surface area contributed by atoms with Crippen LogP contribution < -0.4 is 0 Å². The number of rotatable bonds is 3. The number of alkyl halides is 5. The highest BCUT2D eigenvalue weighted by Gasteiger charge is 2.38. The van der Waals surface area contributed by atoms with E-state index in [1.54, 1.807) is 0 Å². The van der Waals surface area contributed by atoms with Crippen molar-refractivity contribution in [2.45, 2.75) is 11.7 Å². The molecule has 0 spiro atoms. The summed E-state index contributed by atoms with van der Waals surface area (Å²) in [4.78, 5) is 0. The lowest BCUT2D eigenvalue weighted by Gasteiger charge is -2.12. The Morgan fingerprint density at radius 3 is 2.20 bits per heavy atom. The first-order valence-electron chi connectivity index (χ1n) is 2.37. The summed E-state index contributed by atoms with van der Waals surface area (Å²) in [7, 11) is 0. The van der Waals surface area contributed by atoms with Crippen LogP contribution in [0.5, 0.6) is 0 Å². The van der Waals surface area contributed by atoms with E-state index in [1.807, 2.05) is 0 Å². The van der Waals surface area contributed by atoms with Gasteiger partial charge in [0.2, 0.25) is 5.56 Å². The molecule has 0 aromatic carbocycles. The molecule has 0 fully saturated rings. The van der Waals surface area contributed by atoms with Gasteiger partial charge in [-0.05, 0) is 0 Å². The molecule has 0 saturated carbocycles. The second kappa shape index (κ2) is 4.26. The van der Waals surface area contributed by atoms with E-state index in [4.69, 9.17) is 23.2 Å². The molecule has 0 amide bonds. The van der Waals surface area contributed by atoms with Gasteiger partial charge in [-0.1, -0.05) is 11.6 Å². The Hall–Kier alpha value is 0.330. The zero-order valence-corrected chi connectivity index (χ0v) is 6.30. The molecule has 0 rings (SSSR count). The van der Waals surface area contributed by atoms with Crippen molar-refractivity contribution >= 4 is 23.2 Å². The Morgan fingerprint density at radius 1 is 1.40 bits per heavy atom. The molecule has 1 atom stereocenters. The van der Waals surface area contributed by atoms with E-state index < -0.39 is 11.7 Å². The first-order chi connectivity index (χ1) is 4.48. The van der Waals surface area contributed by atoms with Crippen molar-refractivity contribution in [2.75, 3.05) is 12.5 Å². The minimum atomic E-state index is -4.51. The fourth-order valence-corrected chi connectivity index (χ4v) is 0.421. The van der Waals surface area contributed by atoms with Gasteiger partial charge in [-0.3, -0.25) is 0 Å². The van der Waals surface area contributed by atoms with Gasteiger partial charge in [0.25, 0.3) is 0 Å². The predicted octanol–water partition coefficient (Wildman–Crippen LogP) is 2.37. The monoisotopic (exact) mass is 196 g/mol. The maximum atomic E-state index is 11.5. The molecule has 1 nitrogen and oxygen atoms in total. The van der Waals surface area contributed by atoms with Crippen LogP contribution in [0.25, 0.3) is 0 Å². The standard InChI is InChI=1S/C4H5Cl2F3O/c5-1-2-10-3(6)4(7,8)9/h3H,1-2H2. The Labute approximate surface area is 66.1 Å². The van der Waals surface area contributed by atoms with Gasteiger partial charge in [-0.2, -0.15) is 13.2 Å². The van der Waals surface area contributed by atoms with Crippen LogP contribution in [-0.2, 0) is 4.74 Å². The van der Waals surface area contributed by atoms with E-state index in [0.717, 1.165) is 0 Å². The molecule has 0 N–H and O–H groups in total. The molecule has 10 heavy (non-hydrogen) atoms. The summed E-state index contributed by atoms with van der Waals surface area (Å²) in [5.41, 5.74) is -2.24. The lowest BCUT2D eigenvalue weighted by Crippen LogP contribution is -2.26. The zero-order chi connectivity index (χ0) is 8.20. The average molecular weight is 197 g/mol. The number of hydrogen-bond acceptors (Lipinski definition) is 1. The molecule has 0 bridgehead atoms. The Kier molecular flexibility index (Phi) is 4.40. The highest BCUT2D eigenvalue weighted by atomic mass is 35.5. The van der Waals surface area contributed by atoms with Crippen LogP contribution >= 0.6 is 23.2 Å². The lowest BCUT2D eigenvalue weighted by atomic mass is 10.7. The lowest BCUT2D eigenvalue weighted by molar-refractivity contribution is -0.190. The molecule has 0 radical (unpaired) electrons. The molecular formula is C4H5Cl2F3O. The molecule has 0 saturated heterocycles. The van der Waals surface area contributed by atoms with Crippen molar-refractivity contribution in [3.05, 3.63) is 0 Å². The Morgan fingerprint density at radius 2 is 1.90 bits per heavy atom. The Bertz CT molecular complexity index is 95.0.